The van der Waals surface area contributed by atoms with E-state index in [0.29, 0.717) is 37.6 Å². The Morgan fingerprint density at radius 2 is 2.36 bits per heavy atom. The third-order valence-corrected chi connectivity index (χ3v) is 3.38. The van der Waals surface area contributed by atoms with Crippen molar-refractivity contribution in [2.75, 3.05) is 19.8 Å². The second kappa shape index (κ2) is 7.15. The lowest BCUT2D eigenvalue weighted by Gasteiger charge is -2.23. The van der Waals surface area contributed by atoms with Crippen LogP contribution in [0.25, 0.3) is 11.4 Å². The van der Waals surface area contributed by atoms with Crippen LogP contribution in [0, 0.1) is 0 Å². The van der Waals surface area contributed by atoms with Gasteiger partial charge in [0.1, 0.15) is 5.69 Å². The Balaban J connectivity index is 1.49. The molecular weight excluding hydrogens is 284 g/mol. The van der Waals surface area contributed by atoms with E-state index in [9.17, 15) is 4.79 Å². The number of nitrogens with zero attached hydrogens (tertiary/aromatic N) is 2. The molecule has 1 aliphatic rings. The Morgan fingerprint density at radius 3 is 3.14 bits per heavy atom. The lowest BCUT2D eigenvalue weighted by Crippen LogP contribution is -2.44. The summed E-state index contributed by atoms with van der Waals surface area (Å²) < 4.78 is 10.5. The van der Waals surface area contributed by atoms with Crippen LogP contribution in [0.2, 0.25) is 0 Å². The normalized spacial score (nSPS) is 18.1. The number of pyridine rings is 1. The summed E-state index contributed by atoms with van der Waals surface area (Å²) in [7, 11) is 0. The molecule has 3 heterocycles. The van der Waals surface area contributed by atoms with Crippen LogP contribution in [0.5, 0.6) is 0 Å². The first-order valence-electron chi connectivity index (χ1n) is 7.26. The molecule has 2 N–H and O–H groups in total. The molecule has 0 bridgehead atoms. The van der Waals surface area contributed by atoms with Gasteiger partial charge in [-0.05, 0) is 12.1 Å². The van der Waals surface area contributed by atoms with Crippen LogP contribution in [0.3, 0.4) is 0 Å². The van der Waals surface area contributed by atoms with Gasteiger partial charge in [0.05, 0.1) is 25.5 Å². The molecule has 7 nitrogen and oxygen atoms in total. The van der Waals surface area contributed by atoms with E-state index in [1.165, 1.54) is 0 Å². The fourth-order valence-corrected chi connectivity index (χ4v) is 2.26. The minimum absolute atomic E-state index is 0.0428. The van der Waals surface area contributed by atoms with Gasteiger partial charge in [0, 0.05) is 31.3 Å². The van der Waals surface area contributed by atoms with E-state index >= 15 is 0 Å². The summed E-state index contributed by atoms with van der Waals surface area (Å²) in [5.74, 6) is 0.556. The monoisotopic (exact) mass is 302 g/mol. The van der Waals surface area contributed by atoms with E-state index in [4.69, 9.17) is 9.26 Å². The number of hydrogen-bond acceptors (Lipinski definition) is 6. The van der Waals surface area contributed by atoms with Crippen molar-refractivity contribution in [2.24, 2.45) is 0 Å². The highest BCUT2D eigenvalue weighted by atomic mass is 16.5. The van der Waals surface area contributed by atoms with Gasteiger partial charge in [-0.1, -0.05) is 11.2 Å². The Kier molecular flexibility index (Phi) is 4.77. The van der Waals surface area contributed by atoms with E-state index in [1.807, 2.05) is 18.2 Å². The summed E-state index contributed by atoms with van der Waals surface area (Å²) in [6, 6.07) is 7.44. The minimum atomic E-state index is -0.0428. The SMILES string of the molecule is O=C(C[C@H]1COCCN1)NCc1cc(-c2ccccn2)no1. The van der Waals surface area contributed by atoms with E-state index < -0.39 is 0 Å². The molecule has 0 saturated carbocycles. The molecule has 1 aliphatic heterocycles. The first kappa shape index (κ1) is 14.7. The Hall–Kier alpha value is -2.25. The molecule has 2 aromatic heterocycles. The molecule has 7 heteroatoms. The zero-order chi connectivity index (χ0) is 15.2. The maximum atomic E-state index is 11.9. The molecule has 116 valence electrons. The van der Waals surface area contributed by atoms with Crippen molar-refractivity contribution in [3.8, 4) is 11.4 Å². The number of amides is 1. The van der Waals surface area contributed by atoms with Gasteiger partial charge in [0.25, 0.3) is 0 Å². The lowest BCUT2D eigenvalue weighted by molar-refractivity contribution is -0.122. The fraction of sp³-hybridized carbons (Fsp3) is 0.400. The van der Waals surface area contributed by atoms with Crippen LogP contribution in [0.15, 0.2) is 35.0 Å². The van der Waals surface area contributed by atoms with Crippen LogP contribution in [-0.2, 0) is 16.1 Å². The largest absolute Gasteiger partial charge is 0.378 e. The molecule has 0 aromatic carbocycles. The van der Waals surface area contributed by atoms with Crippen molar-refractivity contribution in [3.63, 3.8) is 0 Å². The molecule has 0 spiro atoms. The molecule has 0 unspecified atom stereocenters. The quantitative estimate of drug-likeness (QED) is 0.846. The van der Waals surface area contributed by atoms with Crippen LogP contribution in [0.4, 0.5) is 0 Å². The first-order valence-corrected chi connectivity index (χ1v) is 7.26. The average molecular weight is 302 g/mol. The van der Waals surface area contributed by atoms with Crippen LogP contribution < -0.4 is 10.6 Å². The molecule has 0 radical (unpaired) electrons. The van der Waals surface area contributed by atoms with Crippen molar-refractivity contribution in [3.05, 3.63) is 36.2 Å². The number of morpholine rings is 1. The Labute approximate surface area is 128 Å². The summed E-state index contributed by atoms with van der Waals surface area (Å²) in [6.45, 7) is 2.37. The molecule has 3 rings (SSSR count). The maximum Gasteiger partial charge on any atom is 0.222 e. The molecule has 2 aromatic rings. The number of rotatable bonds is 5. The average Bonchev–Trinajstić information content (AvgIpc) is 3.04. The summed E-state index contributed by atoms with van der Waals surface area (Å²) in [4.78, 5) is 16.1. The van der Waals surface area contributed by atoms with Gasteiger partial charge in [-0.2, -0.15) is 0 Å². The highest BCUT2D eigenvalue weighted by Gasteiger charge is 2.17. The minimum Gasteiger partial charge on any atom is -0.378 e. The smallest absolute Gasteiger partial charge is 0.222 e. The number of hydrogen-bond donors (Lipinski definition) is 2. The van der Waals surface area contributed by atoms with Gasteiger partial charge in [0.2, 0.25) is 5.91 Å². The lowest BCUT2D eigenvalue weighted by atomic mass is 10.2. The van der Waals surface area contributed by atoms with Gasteiger partial charge < -0.3 is 19.9 Å². The second-order valence-corrected chi connectivity index (χ2v) is 5.10. The first-order chi connectivity index (χ1) is 10.8. The fourth-order valence-electron chi connectivity index (χ4n) is 2.26. The Morgan fingerprint density at radius 1 is 1.41 bits per heavy atom. The van der Waals surface area contributed by atoms with Crippen molar-refractivity contribution in [1.29, 1.82) is 0 Å². The third kappa shape index (κ3) is 3.90. The molecular formula is C15H18N4O3. The van der Waals surface area contributed by atoms with Gasteiger partial charge in [-0.15, -0.1) is 0 Å². The van der Waals surface area contributed by atoms with Gasteiger partial charge in [-0.25, -0.2) is 0 Å². The predicted octanol–water partition coefficient (Wildman–Crippen LogP) is 0.731. The molecule has 1 amide bonds. The zero-order valence-electron chi connectivity index (χ0n) is 12.1. The predicted molar refractivity (Wildman–Crippen MR) is 78.8 cm³/mol. The second-order valence-electron chi connectivity index (χ2n) is 5.10. The number of ether oxygens (including phenoxy) is 1. The van der Waals surface area contributed by atoms with Crippen molar-refractivity contribution in [1.82, 2.24) is 20.8 Å². The molecule has 1 atom stereocenters. The van der Waals surface area contributed by atoms with E-state index in [0.717, 1.165) is 12.2 Å². The summed E-state index contributed by atoms with van der Waals surface area (Å²) in [6.07, 6.45) is 2.09. The van der Waals surface area contributed by atoms with Crippen LogP contribution in [0.1, 0.15) is 12.2 Å². The van der Waals surface area contributed by atoms with E-state index in [1.54, 1.807) is 12.3 Å². The van der Waals surface area contributed by atoms with E-state index in [-0.39, 0.29) is 11.9 Å². The summed E-state index contributed by atoms with van der Waals surface area (Å²) in [5.41, 5.74) is 1.40. The number of carbonyl (C=O) groups is 1. The summed E-state index contributed by atoms with van der Waals surface area (Å²) in [5, 5.41) is 10.0. The van der Waals surface area contributed by atoms with Crippen LogP contribution >= 0.6 is 0 Å². The highest BCUT2D eigenvalue weighted by molar-refractivity contribution is 5.76. The topological polar surface area (TPSA) is 89.3 Å². The van der Waals surface area contributed by atoms with Crippen molar-refractivity contribution < 1.29 is 14.1 Å². The number of carbonyl (C=O) groups excluding carboxylic acids is 1. The number of nitrogens with one attached hydrogen (secondary N) is 2. The molecule has 22 heavy (non-hydrogen) atoms. The van der Waals surface area contributed by atoms with Gasteiger partial charge >= 0.3 is 0 Å². The van der Waals surface area contributed by atoms with Crippen molar-refractivity contribution in [2.45, 2.75) is 19.0 Å². The van der Waals surface area contributed by atoms with Gasteiger partial charge in [0.15, 0.2) is 5.76 Å². The zero-order valence-corrected chi connectivity index (χ0v) is 12.1. The standard InChI is InChI=1S/C15H18N4O3/c20-15(7-11-10-21-6-5-16-11)18-9-12-8-14(19-22-12)13-3-1-2-4-17-13/h1-4,8,11,16H,5-7,9-10H2,(H,18,20)/t11-/m0/s1. The molecule has 1 saturated heterocycles. The summed E-state index contributed by atoms with van der Waals surface area (Å²) >= 11 is 0. The molecule has 1 fully saturated rings. The maximum absolute atomic E-state index is 11.9. The highest BCUT2D eigenvalue weighted by Crippen LogP contribution is 2.15. The number of aromatic nitrogens is 2. The third-order valence-electron chi connectivity index (χ3n) is 3.38. The van der Waals surface area contributed by atoms with Crippen LogP contribution in [-0.4, -0.2) is 41.8 Å². The van der Waals surface area contributed by atoms with Gasteiger partial charge in [-0.3, -0.25) is 9.78 Å². The van der Waals surface area contributed by atoms with Crippen molar-refractivity contribution >= 4 is 5.91 Å². The van der Waals surface area contributed by atoms with E-state index in [2.05, 4.69) is 20.8 Å². The Bertz CT molecular complexity index is 608. The molecule has 0 aliphatic carbocycles.